The minimum Gasteiger partial charge on any atom is -0.497 e. The van der Waals surface area contributed by atoms with Crippen molar-refractivity contribution in [1.29, 1.82) is 0 Å². The Morgan fingerprint density at radius 1 is 0.848 bits per heavy atom. The van der Waals surface area contributed by atoms with Crippen molar-refractivity contribution in [2.45, 2.75) is 37.8 Å². The standard InChI is InChI=1S/C35H37Cl2N3O5S/c1-25(2)22-38-35(42)33(21-26-9-5-4-6-10-26)39(23-27-11-7-8-12-32(27)37)34(41)24-40(29-15-13-28(36)14-16-29)46(43,44)31-19-17-30(45-3)18-20-31/h4-20,25,33H,21-24H2,1-3H3,(H,38,42). The maximum absolute atomic E-state index is 14.5. The summed E-state index contributed by atoms with van der Waals surface area (Å²) in [6.07, 6.45) is 0.202. The van der Waals surface area contributed by atoms with Gasteiger partial charge in [0.2, 0.25) is 11.8 Å². The lowest BCUT2D eigenvalue weighted by molar-refractivity contribution is -0.140. The Hall–Kier alpha value is -4.05. The largest absolute Gasteiger partial charge is 0.497 e. The second-order valence-corrected chi connectivity index (χ2v) is 13.8. The van der Waals surface area contributed by atoms with Crippen LogP contribution in [0.5, 0.6) is 5.75 Å². The Morgan fingerprint density at radius 2 is 1.48 bits per heavy atom. The minimum atomic E-state index is -4.27. The molecule has 46 heavy (non-hydrogen) atoms. The zero-order chi connectivity index (χ0) is 33.3. The third-order valence-corrected chi connectivity index (χ3v) is 9.70. The maximum atomic E-state index is 14.5. The third kappa shape index (κ3) is 9.02. The monoisotopic (exact) mass is 681 g/mol. The second-order valence-electron chi connectivity index (χ2n) is 11.1. The van der Waals surface area contributed by atoms with Gasteiger partial charge < -0.3 is 15.0 Å². The van der Waals surface area contributed by atoms with Gasteiger partial charge >= 0.3 is 0 Å². The minimum absolute atomic E-state index is 0.0256. The number of amides is 2. The smallest absolute Gasteiger partial charge is 0.264 e. The first-order chi connectivity index (χ1) is 22.0. The van der Waals surface area contributed by atoms with E-state index < -0.39 is 28.5 Å². The van der Waals surface area contributed by atoms with Gasteiger partial charge in [-0.2, -0.15) is 0 Å². The molecule has 0 bridgehead atoms. The molecule has 8 nitrogen and oxygen atoms in total. The van der Waals surface area contributed by atoms with Crippen LogP contribution >= 0.6 is 23.2 Å². The molecule has 0 fully saturated rings. The van der Waals surface area contributed by atoms with Crippen molar-refractivity contribution in [1.82, 2.24) is 10.2 Å². The van der Waals surface area contributed by atoms with Crippen LogP contribution in [0.15, 0.2) is 108 Å². The summed E-state index contributed by atoms with van der Waals surface area (Å²) >= 11 is 12.7. The lowest BCUT2D eigenvalue weighted by Crippen LogP contribution is -2.53. The summed E-state index contributed by atoms with van der Waals surface area (Å²) in [7, 11) is -2.78. The predicted octanol–water partition coefficient (Wildman–Crippen LogP) is 6.61. The number of hydrogen-bond acceptors (Lipinski definition) is 5. The van der Waals surface area contributed by atoms with E-state index in [1.54, 1.807) is 36.4 Å². The molecule has 1 unspecified atom stereocenters. The average molecular weight is 683 g/mol. The van der Waals surface area contributed by atoms with Crippen LogP contribution in [0, 0.1) is 5.92 Å². The highest BCUT2D eigenvalue weighted by atomic mass is 35.5. The highest BCUT2D eigenvalue weighted by Gasteiger charge is 2.35. The van der Waals surface area contributed by atoms with Crippen LogP contribution in [0.25, 0.3) is 0 Å². The molecule has 0 aliphatic carbocycles. The first-order valence-corrected chi connectivity index (χ1v) is 17.0. The number of nitrogens with one attached hydrogen (secondary N) is 1. The van der Waals surface area contributed by atoms with Gasteiger partial charge in [0.05, 0.1) is 17.7 Å². The SMILES string of the molecule is COc1ccc(S(=O)(=O)N(CC(=O)N(Cc2ccccc2Cl)C(Cc2ccccc2)C(=O)NCC(C)C)c2ccc(Cl)cc2)cc1. The van der Waals surface area contributed by atoms with E-state index >= 15 is 0 Å². The molecule has 4 rings (SSSR count). The van der Waals surface area contributed by atoms with Gasteiger partial charge in [-0.05, 0) is 71.6 Å². The van der Waals surface area contributed by atoms with Crippen molar-refractivity contribution in [3.8, 4) is 5.75 Å². The van der Waals surface area contributed by atoms with Gasteiger partial charge in [0.1, 0.15) is 18.3 Å². The van der Waals surface area contributed by atoms with Gasteiger partial charge in [-0.15, -0.1) is 0 Å². The number of sulfonamides is 1. The quantitative estimate of drug-likeness (QED) is 0.162. The van der Waals surface area contributed by atoms with Crippen molar-refractivity contribution < 1.29 is 22.7 Å². The molecule has 0 saturated heterocycles. The zero-order valence-corrected chi connectivity index (χ0v) is 28.2. The van der Waals surface area contributed by atoms with E-state index in [0.717, 1.165) is 9.87 Å². The maximum Gasteiger partial charge on any atom is 0.264 e. The van der Waals surface area contributed by atoms with E-state index in [1.165, 1.54) is 48.4 Å². The van der Waals surface area contributed by atoms with Gasteiger partial charge in [-0.3, -0.25) is 13.9 Å². The van der Waals surface area contributed by atoms with E-state index in [9.17, 15) is 18.0 Å². The highest BCUT2D eigenvalue weighted by Crippen LogP contribution is 2.28. The van der Waals surface area contributed by atoms with Crippen molar-refractivity contribution in [3.63, 3.8) is 0 Å². The van der Waals surface area contributed by atoms with Crippen molar-refractivity contribution >= 4 is 50.7 Å². The summed E-state index contributed by atoms with van der Waals surface area (Å²) in [5.41, 5.74) is 1.68. The molecule has 0 radical (unpaired) electrons. The number of methoxy groups -OCH3 is 1. The summed E-state index contributed by atoms with van der Waals surface area (Å²) in [6.45, 7) is 3.74. The topological polar surface area (TPSA) is 96.0 Å². The molecule has 0 saturated carbocycles. The number of nitrogens with zero attached hydrogens (tertiary/aromatic N) is 2. The molecule has 0 aliphatic heterocycles. The van der Waals surface area contributed by atoms with Gasteiger partial charge in [0, 0.05) is 29.6 Å². The normalized spacial score (nSPS) is 12.0. The molecule has 4 aromatic carbocycles. The summed E-state index contributed by atoms with van der Waals surface area (Å²) in [5.74, 6) is -0.291. The number of halogens is 2. The van der Waals surface area contributed by atoms with Gasteiger partial charge in [-0.1, -0.05) is 85.6 Å². The molecule has 1 atom stereocenters. The molecule has 0 heterocycles. The molecule has 242 valence electrons. The average Bonchev–Trinajstić information content (AvgIpc) is 3.05. The fourth-order valence-electron chi connectivity index (χ4n) is 4.80. The van der Waals surface area contributed by atoms with Crippen LogP contribution < -0.4 is 14.4 Å². The van der Waals surface area contributed by atoms with Crippen LogP contribution in [-0.2, 0) is 32.6 Å². The fourth-order valence-corrected chi connectivity index (χ4v) is 6.53. The fraction of sp³-hybridized carbons (Fsp3) is 0.257. The lowest BCUT2D eigenvalue weighted by Gasteiger charge is -2.34. The summed E-state index contributed by atoms with van der Waals surface area (Å²) in [5, 5.41) is 3.80. The number of ether oxygens (including phenoxy) is 1. The summed E-state index contributed by atoms with van der Waals surface area (Å²) < 4.78 is 34.5. The summed E-state index contributed by atoms with van der Waals surface area (Å²) in [4.78, 5) is 29.7. The molecule has 11 heteroatoms. The summed E-state index contributed by atoms with van der Waals surface area (Å²) in [6, 6.07) is 27.5. The number of rotatable bonds is 14. The van der Waals surface area contributed by atoms with Crippen molar-refractivity contribution in [2.24, 2.45) is 5.92 Å². The highest BCUT2D eigenvalue weighted by molar-refractivity contribution is 7.92. The van der Waals surface area contributed by atoms with Crippen molar-refractivity contribution in [3.05, 3.63) is 124 Å². The molecule has 1 N–H and O–H groups in total. The van der Waals surface area contributed by atoms with E-state index in [2.05, 4.69) is 5.32 Å². The molecule has 0 aromatic heterocycles. The van der Waals surface area contributed by atoms with Crippen molar-refractivity contribution in [2.75, 3.05) is 24.5 Å². The Bertz CT molecular complexity index is 1720. The second kappa shape index (κ2) is 16.0. The van der Waals surface area contributed by atoms with E-state index in [-0.39, 0.29) is 35.4 Å². The molecular weight excluding hydrogens is 645 g/mol. The van der Waals surface area contributed by atoms with Crippen LogP contribution in [-0.4, -0.2) is 51.4 Å². The zero-order valence-electron chi connectivity index (χ0n) is 25.9. The third-order valence-electron chi connectivity index (χ3n) is 7.30. The molecule has 0 spiro atoms. The lowest BCUT2D eigenvalue weighted by atomic mass is 10.0. The van der Waals surface area contributed by atoms with E-state index in [1.807, 2.05) is 44.2 Å². The number of carbonyl (C=O) groups is 2. The number of anilines is 1. The Morgan fingerprint density at radius 3 is 2.09 bits per heavy atom. The molecule has 0 aliphatic rings. The first kappa shape index (κ1) is 34.8. The van der Waals surface area contributed by atoms with Gasteiger partial charge in [0.15, 0.2) is 0 Å². The van der Waals surface area contributed by atoms with Crippen LogP contribution in [0.2, 0.25) is 10.0 Å². The molecule has 2 amide bonds. The molecular formula is C35H37Cl2N3O5S. The Balaban J connectivity index is 1.80. The number of carbonyl (C=O) groups excluding carboxylic acids is 2. The first-order valence-electron chi connectivity index (χ1n) is 14.8. The Labute approximate surface area is 280 Å². The van der Waals surface area contributed by atoms with E-state index in [0.29, 0.717) is 27.9 Å². The van der Waals surface area contributed by atoms with Gasteiger partial charge in [0.25, 0.3) is 10.0 Å². The van der Waals surface area contributed by atoms with Crippen LogP contribution in [0.4, 0.5) is 5.69 Å². The van der Waals surface area contributed by atoms with E-state index in [4.69, 9.17) is 27.9 Å². The van der Waals surface area contributed by atoms with Crippen LogP contribution in [0.3, 0.4) is 0 Å². The predicted molar refractivity (Wildman–Crippen MR) is 183 cm³/mol. The molecule has 4 aromatic rings. The number of hydrogen-bond donors (Lipinski definition) is 1. The Kier molecular flexibility index (Phi) is 12.1. The van der Waals surface area contributed by atoms with Gasteiger partial charge in [-0.25, -0.2) is 8.42 Å². The van der Waals surface area contributed by atoms with Crippen LogP contribution in [0.1, 0.15) is 25.0 Å². The number of benzene rings is 4.